The van der Waals surface area contributed by atoms with Crippen molar-refractivity contribution in [3.63, 3.8) is 0 Å². The molecule has 1 aromatic rings. The monoisotopic (exact) mass is 286 g/mol. The average molecular weight is 286 g/mol. The van der Waals surface area contributed by atoms with Crippen LogP contribution in [0.25, 0.3) is 0 Å². The molecule has 1 saturated heterocycles. The summed E-state index contributed by atoms with van der Waals surface area (Å²) in [7, 11) is 3.17. The smallest absolute Gasteiger partial charge is 0.284 e. The van der Waals surface area contributed by atoms with Gasteiger partial charge in [-0.1, -0.05) is 0 Å². The van der Waals surface area contributed by atoms with Gasteiger partial charge in [0.2, 0.25) is 11.8 Å². The van der Waals surface area contributed by atoms with Crippen molar-refractivity contribution in [3.8, 4) is 0 Å². The minimum atomic E-state index is -2.76. The number of alkyl halides is 2. The van der Waals surface area contributed by atoms with Crippen LogP contribution in [0.5, 0.6) is 0 Å². The molecule has 6 nitrogen and oxygen atoms in total. The highest BCUT2D eigenvalue weighted by atomic mass is 19.3. The van der Waals surface area contributed by atoms with E-state index < -0.39 is 23.9 Å². The summed E-state index contributed by atoms with van der Waals surface area (Å²) < 4.78 is 26.7. The minimum absolute atomic E-state index is 0.00104. The summed E-state index contributed by atoms with van der Waals surface area (Å²) in [6, 6.07) is 0. The summed E-state index contributed by atoms with van der Waals surface area (Å²) in [5, 5.41) is 6.06. The molecule has 2 amide bonds. The first-order valence-electron chi connectivity index (χ1n) is 6.25. The van der Waals surface area contributed by atoms with E-state index in [-0.39, 0.29) is 18.0 Å². The van der Waals surface area contributed by atoms with E-state index in [0.717, 1.165) is 0 Å². The quantitative estimate of drug-likeness (QED) is 0.907. The van der Waals surface area contributed by atoms with Crippen LogP contribution in [-0.4, -0.2) is 40.1 Å². The van der Waals surface area contributed by atoms with Gasteiger partial charge in [0, 0.05) is 39.2 Å². The van der Waals surface area contributed by atoms with Crippen molar-refractivity contribution in [1.82, 2.24) is 14.7 Å². The molecule has 1 N–H and O–H groups in total. The molecule has 20 heavy (non-hydrogen) atoms. The zero-order valence-electron chi connectivity index (χ0n) is 11.3. The van der Waals surface area contributed by atoms with Crippen LogP contribution < -0.4 is 5.32 Å². The summed E-state index contributed by atoms with van der Waals surface area (Å²) in [6.07, 6.45) is -0.799. The lowest BCUT2D eigenvalue weighted by Crippen LogP contribution is -2.39. The van der Waals surface area contributed by atoms with Gasteiger partial charge in [0.25, 0.3) is 6.43 Å². The molecule has 1 aliphatic heterocycles. The van der Waals surface area contributed by atoms with Crippen LogP contribution in [0.4, 0.5) is 14.5 Å². The molecule has 1 aromatic heterocycles. The molecule has 0 bridgehead atoms. The van der Waals surface area contributed by atoms with E-state index in [4.69, 9.17) is 0 Å². The second-order valence-electron chi connectivity index (χ2n) is 4.90. The standard InChI is InChI=1S/C12H16F2N4O2/c1-17-4-3-7(5-9(17)19)12(20)15-8-6-18(2)16-10(8)11(13)14/h6-7,11H,3-5H2,1-2H3,(H,15,20). The van der Waals surface area contributed by atoms with E-state index >= 15 is 0 Å². The Morgan fingerprint density at radius 1 is 1.50 bits per heavy atom. The van der Waals surface area contributed by atoms with Gasteiger partial charge < -0.3 is 10.2 Å². The molecule has 1 atom stereocenters. The summed E-state index contributed by atoms with van der Waals surface area (Å²) >= 11 is 0. The van der Waals surface area contributed by atoms with Gasteiger partial charge in [-0.15, -0.1) is 0 Å². The van der Waals surface area contributed by atoms with E-state index in [9.17, 15) is 18.4 Å². The number of halogens is 2. The van der Waals surface area contributed by atoms with Crippen LogP contribution in [0, 0.1) is 5.92 Å². The number of likely N-dealkylation sites (tertiary alicyclic amines) is 1. The number of nitrogens with zero attached hydrogens (tertiary/aromatic N) is 3. The molecule has 8 heteroatoms. The second kappa shape index (κ2) is 5.56. The maximum atomic E-state index is 12.8. The second-order valence-corrected chi connectivity index (χ2v) is 4.90. The zero-order chi connectivity index (χ0) is 14.9. The van der Waals surface area contributed by atoms with Gasteiger partial charge in [0.15, 0.2) is 5.69 Å². The van der Waals surface area contributed by atoms with Gasteiger partial charge in [-0.05, 0) is 6.42 Å². The molecular formula is C12H16F2N4O2. The molecule has 0 radical (unpaired) electrons. The van der Waals surface area contributed by atoms with Crippen molar-refractivity contribution < 1.29 is 18.4 Å². The Hall–Kier alpha value is -1.99. The first-order chi connectivity index (χ1) is 9.38. The summed E-state index contributed by atoms with van der Waals surface area (Å²) in [4.78, 5) is 25.1. The number of hydrogen-bond acceptors (Lipinski definition) is 3. The topological polar surface area (TPSA) is 67.2 Å². The number of aromatic nitrogens is 2. The average Bonchev–Trinajstić information content (AvgIpc) is 2.73. The Balaban J connectivity index is 2.07. The first-order valence-corrected chi connectivity index (χ1v) is 6.25. The Morgan fingerprint density at radius 3 is 2.80 bits per heavy atom. The minimum Gasteiger partial charge on any atom is -0.346 e. The maximum Gasteiger partial charge on any atom is 0.284 e. The Labute approximate surface area is 114 Å². The summed E-state index contributed by atoms with van der Waals surface area (Å²) in [5.41, 5.74) is -0.459. The van der Waals surface area contributed by atoms with Gasteiger partial charge >= 0.3 is 0 Å². The fraction of sp³-hybridized carbons (Fsp3) is 0.583. The fourth-order valence-electron chi connectivity index (χ4n) is 2.16. The number of aryl methyl sites for hydroxylation is 1. The van der Waals surface area contributed by atoms with E-state index in [1.54, 1.807) is 11.9 Å². The van der Waals surface area contributed by atoms with Gasteiger partial charge in [-0.2, -0.15) is 5.10 Å². The third-order valence-corrected chi connectivity index (χ3v) is 3.35. The van der Waals surface area contributed by atoms with Crippen molar-refractivity contribution in [1.29, 1.82) is 0 Å². The maximum absolute atomic E-state index is 12.8. The van der Waals surface area contributed by atoms with Crippen molar-refractivity contribution >= 4 is 17.5 Å². The highest BCUT2D eigenvalue weighted by Gasteiger charge is 2.30. The molecule has 0 aliphatic carbocycles. The number of rotatable bonds is 3. The molecule has 1 aliphatic rings. The van der Waals surface area contributed by atoms with Crippen LogP contribution in [0.1, 0.15) is 25.0 Å². The number of nitrogens with one attached hydrogen (secondary N) is 1. The highest BCUT2D eigenvalue weighted by Crippen LogP contribution is 2.26. The molecule has 1 unspecified atom stereocenters. The number of anilines is 1. The predicted octanol–water partition coefficient (Wildman–Crippen LogP) is 1.16. The number of carbonyl (C=O) groups excluding carboxylic acids is 2. The molecule has 1 fully saturated rings. The summed E-state index contributed by atoms with van der Waals surface area (Å²) in [5.74, 6) is -1.01. The molecular weight excluding hydrogens is 270 g/mol. The first kappa shape index (κ1) is 14.4. The number of amides is 2. The molecule has 110 valence electrons. The van der Waals surface area contributed by atoms with Crippen LogP contribution in [-0.2, 0) is 16.6 Å². The van der Waals surface area contributed by atoms with Gasteiger partial charge in [-0.3, -0.25) is 14.3 Å². The van der Waals surface area contributed by atoms with Gasteiger partial charge in [0.05, 0.1) is 5.69 Å². The number of carbonyl (C=O) groups is 2. The van der Waals surface area contributed by atoms with Crippen molar-refractivity contribution in [2.75, 3.05) is 18.9 Å². The van der Waals surface area contributed by atoms with Crippen LogP contribution in [0.3, 0.4) is 0 Å². The lowest BCUT2D eigenvalue weighted by Gasteiger charge is -2.27. The molecule has 0 aromatic carbocycles. The number of hydrogen-bond donors (Lipinski definition) is 1. The lowest BCUT2D eigenvalue weighted by atomic mass is 9.95. The molecule has 2 heterocycles. The van der Waals surface area contributed by atoms with Gasteiger partial charge in [-0.25, -0.2) is 8.78 Å². The lowest BCUT2D eigenvalue weighted by molar-refractivity contribution is -0.137. The van der Waals surface area contributed by atoms with Crippen LogP contribution in [0.15, 0.2) is 6.20 Å². The summed E-state index contributed by atoms with van der Waals surface area (Å²) in [6.45, 7) is 0.492. The Morgan fingerprint density at radius 2 is 2.20 bits per heavy atom. The largest absolute Gasteiger partial charge is 0.346 e. The number of piperidine rings is 1. The van der Waals surface area contributed by atoms with Gasteiger partial charge in [0.1, 0.15) is 0 Å². The van der Waals surface area contributed by atoms with Crippen LogP contribution >= 0.6 is 0 Å². The zero-order valence-corrected chi connectivity index (χ0v) is 11.3. The van der Waals surface area contributed by atoms with E-state index in [1.165, 1.54) is 17.9 Å². The van der Waals surface area contributed by atoms with E-state index in [0.29, 0.717) is 13.0 Å². The third kappa shape index (κ3) is 2.94. The van der Waals surface area contributed by atoms with Crippen molar-refractivity contribution in [2.45, 2.75) is 19.3 Å². The normalized spacial score (nSPS) is 19.6. The molecule has 0 saturated carbocycles. The molecule has 0 spiro atoms. The van der Waals surface area contributed by atoms with E-state index in [1.807, 2.05) is 0 Å². The fourth-order valence-corrected chi connectivity index (χ4v) is 2.16. The van der Waals surface area contributed by atoms with Crippen molar-refractivity contribution in [2.24, 2.45) is 13.0 Å². The Kier molecular flexibility index (Phi) is 4.01. The van der Waals surface area contributed by atoms with E-state index in [2.05, 4.69) is 10.4 Å². The SMILES string of the molecule is CN1CCC(C(=O)Nc2cn(C)nc2C(F)F)CC1=O. The predicted molar refractivity (Wildman–Crippen MR) is 67.2 cm³/mol. The highest BCUT2D eigenvalue weighted by molar-refractivity contribution is 5.96. The Bertz CT molecular complexity index is 530. The van der Waals surface area contributed by atoms with Crippen molar-refractivity contribution in [3.05, 3.63) is 11.9 Å². The van der Waals surface area contributed by atoms with Crippen LogP contribution in [0.2, 0.25) is 0 Å². The molecule has 2 rings (SSSR count). The third-order valence-electron chi connectivity index (χ3n) is 3.35.